The Bertz CT molecular complexity index is 249. The summed E-state index contributed by atoms with van der Waals surface area (Å²) in [4.78, 5) is 0. The Morgan fingerprint density at radius 1 is 0.867 bits per heavy atom. The summed E-state index contributed by atoms with van der Waals surface area (Å²) >= 11 is 0. The minimum absolute atomic E-state index is 0.631. The van der Waals surface area contributed by atoms with E-state index in [2.05, 4.69) is 0 Å². The monoisotopic (exact) mass is 242 g/mol. The molecule has 0 fully saturated rings. The van der Waals surface area contributed by atoms with Crippen molar-refractivity contribution in [3.8, 4) is 0 Å². The fourth-order valence-corrected chi connectivity index (χ4v) is 2.60. The minimum Gasteiger partial charge on any atom is -0.391 e. The van der Waals surface area contributed by atoms with Gasteiger partial charge in [0, 0.05) is 0 Å². The third kappa shape index (κ3) is 6.06. The summed E-state index contributed by atoms with van der Waals surface area (Å²) in [5.74, 6) is -1.26. The first kappa shape index (κ1) is 14.8. The maximum atomic E-state index is 11.3. The van der Waals surface area contributed by atoms with Crippen LogP contribution in [-0.2, 0) is 9.84 Å². The zero-order valence-corrected chi connectivity index (χ0v) is 9.55. The van der Waals surface area contributed by atoms with Crippen LogP contribution < -0.4 is 0 Å². The Hall–Kier alpha value is -0.210. The number of sulfone groups is 1. The summed E-state index contributed by atoms with van der Waals surface area (Å²) in [6, 6.07) is 0. The molecule has 0 aliphatic heterocycles. The molecular formula is C8H18O6S. The third-order valence-electron chi connectivity index (χ3n) is 1.96. The quantitative estimate of drug-likeness (QED) is 0.423. The standard InChI is InChI=1S/C8H18O6S/c1-5(9)7(11)3-15(13,14)4-8(12)6(2)10/h5-12H,3-4H2,1-2H3. The maximum Gasteiger partial charge on any atom is 0.155 e. The summed E-state index contributed by atoms with van der Waals surface area (Å²) in [6.45, 7) is 2.54. The highest BCUT2D eigenvalue weighted by Crippen LogP contribution is 2.04. The predicted octanol–water partition coefficient (Wildman–Crippen LogP) is -2.12. The second-order valence-corrected chi connectivity index (χ2v) is 5.85. The van der Waals surface area contributed by atoms with Gasteiger partial charge in [-0.3, -0.25) is 0 Å². The van der Waals surface area contributed by atoms with Crippen LogP contribution in [0.2, 0.25) is 0 Å². The second kappa shape index (κ2) is 5.76. The van der Waals surface area contributed by atoms with Crippen molar-refractivity contribution in [2.24, 2.45) is 0 Å². The van der Waals surface area contributed by atoms with Gasteiger partial charge in [0.2, 0.25) is 0 Å². The largest absolute Gasteiger partial charge is 0.391 e. The lowest BCUT2D eigenvalue weighted by molar-refractivity contribution is 0.0412. The van der Waals surface area contributed by atoms with Gasteiger partial charge in [0.05, 0.1) is 35.9 Å². The van der Waals surface area contributed by atoms with E-state index in [4.69, 9.17) is 20.4 Å². The molecule has 0 saturated heterocycles. The van der Waals surface area contributed by atoms with E-state index >= 15 is 0 Å². The molecule has 6 nitrogen and oxygen atoms in total. The van der Waals surface area contributed by atoms with Gasteiger partial charge in [-0.1, -0.05) is 0 Å². The van der Waals surface area contributed by atoms with Gasteiger partial charge < -0.3 is 20.4 Å². The zero-order chi connectivity index (χ0) is 12.2. The van der Waals surface area contributed by atoms with Crippen molar-refractivity contribution in [2.45, 2.75) is 38.3 Å². The molecule has 0 aliphatic carbocycles. The van der Waals surface area contributed by atoms with Crippen LogP contribution >= 0.6 is 0 Å². The summed E-state index contributed by atoms with van der Waals surface area (Å²) in [6.07, 6.45) is -5.06. The molecule has 4 atom stereocenters. The molecule has 0 rings (SSSR count). The molecule has 4 N–H and O–H groups in total. The molecule has 0 aromatic heterocycles. The van der Waals surface area contributed by atoms with E-state index in [-0.39, 0.29) is 0 Å². The number of hydrogen-bond donors (Lipinski definition) is 4. The lowest BCUT2D eigenvalue weighted by atomic mass is 10.3. The van der Waals surface area contributed by atoms with Gasteiger partial charge in [-0.2, -0.15) is 0 Å². The number of aliphatic hydroxyl groups is 4. The molecule has 0 heterocycles. The van der Waals surface area contributed by atoms with E-state index in [1.807, 2.05) is 0 Å². The highest BCUT2D eigenvalue weighted by Gasteiger charge is 2.25. The molecule has 0 aliphatic rings. The van der Waals surface area contributed by atoms with Crippen molar-refractivity contribution in [1.82, 2.24) is 0 Å². The summed E-state index contributed by atoms with van der Waals surface area (Å²) in [5, 5.41) is 36.1. The molecule has 7 heteroatoms. The van der Waals surface area contributed by atoms with Crippen molar-refractivity contribution in [2.75, 3.05) is 11.5 Å². The molecule has 92 valence electrons. The summed E-state index contributed by atoms with van der Waals surface area (Å²) < 4.78 is 22.6. The van der Waals surface area contributed by atoms with Crippen LogP contribution in [0.4, 0.5) is 0 Å². The Morgan fingerprint density at radius 3 is 1.33 bits per heavy atom. The van der Waals surface area contributed by atoms with Gasteiger partial charge in [-0.25, -0.2) is 8.42 Å². The molecule has 0 bridgehead atoms. The molecule has 15 heavy (non-hydrogen) atoms. The first-order chi connectivity index (χ1) is 6.65. The predicted molar refractivity (Wildman–Crippen MR) is 54.0 cm³/mol. The molecule has 0 amide bonds. The first-order valence-corrected chi connectivity index (χ1v) is 6.40. The van der Waals surface area contributed by atoms with Crippen molar-refractivity contribution < 1.29 is 28.8 Å². The first-order valence-electron chi connectivity index (χ1n) is 4.58. The van der Waals surface area contributed by atoms with Crippen LogP contribution in [-0.4, -0.2) is 64.8 Å². The Balaban J connectivity index is 4.32. The molecular weight excluding hydrogens is 224 g/mol. The van der Waals surface area contributed by atoms with Crippen LogP contribution in [0, 0.1) is 0 Å². The van der Waals surface area contributed by atoms with E-state index < -0.39 is 45.8 Å². The van der Waals surface area contributed by atoms with Gasteiger partial charge in [-0.05, 0) is 13.8 Å². The van der Waals surface area contributed by atoms with E-state index in [9.17, 15) is 8.42 Å². The summed E-state index contributed by atoms with van der Waals surface area (Å²) in [5.41, 5.74) is 0. The molecule has 4 unspecified atom stereocenters. The topological polar surface area (TPSA) is 115 Å². The number of hydrogen-bond acceptors (Lipinski definition) is 6. The van der Waals surface area contributed by atoms with Crippen molar-refractivity contribution in [3.05, 3.63) is 0 Å². The van der Waals surface area contributed by atoms with Crippen LogP contribution in [0.3, 0.4) is 0 Å². The zero-order valence-electron chi connectivity index (χ0n) is 8.74. The highest BCUT2D eigenvalue weighted by molar-refractivity contribution is 7.91. The van der Waals surface area contributed by atoms with E-state index in [1.165, 1.54) is 13.8 Å². The second-order valence-electron chi connectivity index (χ2n) is 3.69. The van der Waals surface area contributed by atoms with Gasteiger partial charge in [0.1, 0.15) is 0 Å². The Labute approximate surface area is 89.1 Å². The average molecular weight is 242 g/mol. The molecule has 0 saturated carbocycles. The average Bonchev–Trinajstić information content (AvgIpc) is 2.01. The molecule has 0 aromatic rings. The van der Waals surface area contributed by atoms with E-state index in [0.717, 1.165) is 0 Å². The van der Waals surface area contributed by atoms with E-state index in [1.54, 1.807) is 0 Å². The fourth-order valence-electron chi connectivity index (χ4n) is 0.867. The van der Waals surface area contributed by atoms with Gasteiger partial charge >= 0.3 is 0 Å². The maximum absolute atomic E-state index is 11.3. The highest BCUT2D eigenvalue weighted by atomic mass is 32.2. The van der Waals surface area contributed by atoms with Crippen molar-refractivity contribution >= 4 is 9.84 Å². The minimum atomic E-state index is -3.69. The lowest BCUT2D eigenvalue weighted by Crippen LogP contribution is -2.37. The van der Waals surface area contributed by atoms with Crippen LogP contribution in [0.15, 0.2) is 0 Å². The lowest BCUT2D eigenvalue weighted by Gasteiger charge is -2.17. The SMILES string of the molecule is CC(O)C(O)CS(=O)(=O)CC(O)C(C)O. The number of aliphatic hydroxyl groups excluding tert-OH is 4. The van der Waals surface area contributed by atoms with Gasteiger partial charge in [-0.15, -0.1) is 0 Å². The molecule has 0 radical (unpaired) electrons. The number of rotatable bonds is 6. The molecule has 0 spiro atoms. The van der Waals surface area contributed by atoms with Gasteiger partial charge in [0.25, 0.3) is 0 Å². The molecule has 0 aromatic carbocycles. The Kier molecular flexibility index (Phi) is 5.68. The van der Waals surface area contributed by atoms with E-state index in [0.29, 0.717) is 0 Å². The smallest absolute Gasteiger partial charge is 0.155 e. The van der Waals surface area contributed by atoms with Crippen molar-refractivity contribution in [3.63, 3.8) is 0 Å². The third-order valence-corrected chi connectivity index (χ3v) is 3.66. The summed E-state index contributed by atoms with van der Waals surface area (Å²) in [7, 11) is -3.69. The van der Waals surface area contributed by atoms with Crippen LogP contribution in [0.5, 0.6) is 0 Å². The van der Waals surface area contributed by atoms with Gasteiger partial charge in [0.15, 0.2) is 9.84 Å². The van der Waals surface area contributed by atoms with Crippen molar-refractivity contribution in [1.29, 1.82) is 0 Å². The van der Waals surface area contributed by atoms with Crippen LogP contribution in [0.1, 0.15) is 13.8 Å². The Morgan fingerprint density at radius 2 is 1.13 bits per heavy atom. The fraction of sp³-hybridized carbons (Fsp3) is 1.00. The normalized spacial score (nSPS) is 20.7. The van der Waals surface area contributed by atoms with Crippen LogP contribution in [0.25, 0.3) is 0 Å².